The first-order chi connectivity index (χ1) is 7.26. The molecule has 1 aromatic rings. The first kappa shape index (κ1) is 12.3. The Morgan fingerprint density at radius 3 is 2.33 bits per heavy atom. The molecule has 0 aliphatic rings. The van der Waals surface area contributed by atoms with Crippen LogP contribution in [0.1, 0.15) is 56.2 Å². The van der Waals surface area contributed by atoms with Crippen molar-refractivity contribution >= 4 is 0 Å². The van der Waals surface area contributed by atoms with Crippen molar-refractivity contribution in [2.45, 2.75) is 59.3 Å². The minimum atomic E-state index is 1.19. The molecule has 0 saturated carbocycles. The van der Waals surface area contributed by atoms with Gasteiger partial charge in [-0.1, -0.05) is 38.8 Å². The van der Waals surface area contributed by atoms with E-state index in [9.17, 15) is 0 Å². The second kappa shape index (κ2) is 6.66. The van der Waals surface area contributed by atoms with Gasteiger partial charge in [0.2, 0.25) is 0 Å². The maximum absolute atomic E-state index is 3.46. The van der Waals surface area contributed by atoms with Crippen molar-refractivity contribution in [1.82, 2.24) is 0 Å². The lowest BCUT2D eigenvalue weighted by atomic mass is 9.99. The van der Waals surface area contributed by atoms with Gasteiger partial charge in [0.1, 0.15) is 0 Å². The molecule has 1 radical (unpaired) electrons. The van der Waals surface area contributed by atoms with Crippen molar-refractivity contribution in [2.24, 2.45) is 0 Å². The largest absolute Gasteiger partial charge is 0.0654 e. The smallest absolute Gasteiger partial charge is 0.0117 e. The molecule has 0 N–H and O–H groups in total. The van der Waals surface area contributed by atoms with Crippen LogP contribution in [0.2, 0.25) is 0 Å². The first-order valence-electron chi connectivity index (χ1n) is 6.28. The monoisotopic (exact) mass is 203 g/mol. The van der Waals surface area contributed by atoms with Crippen LogP contribution in [0, 0.1) is 13.0 Å². The molecule has 0 spiro atoms. The molecule has 1 rings (SSSR count). The van der Waals surface area contributed by atoms with Crippen LogP contribution in [0.15, 0.2) is 12.1 Å². The third-order valence-corrected chi connectivity index (χ3v) is 2.74. The maximum atomic E-state index is 3.46. The number of benzene rings is 1. The van der Waals surface area contributed by atoms with E-state index in [0.29, 0.717) is 0 Å². The summed E-state index contributed by atoms with van der Waals surface area (Å²) in [6, 6.07) is 8.09. The summed E-state index contributed by atoms with van der Waals surface area (Å²) < 4.78 is 0. The van der Waals surface area contributed by atoms with Gasteiger partial charge < -0.3 is 0 Å². The van der Waals surface area contributed by atoms with Crippen LogP contribution in [0.4, 0.5) is 0 Å². The summed E-state index contributed by atoms with van der Waals surface area (Å²) in [7, 11) is 0. The van der Waals surface area contributed by atoms with Gasteiger partial charge in [0.15, 0.2) is 0 Å². The van der Waals surface area contributed by atoms with Crippen LogP contribution in [-0.2, 0) is 12.8 Å². The lowest BCUT2D eigenvalue weighted by Crippen LogP contribution is -1.92. The van der Waals surface area contributed by atoms with E-state index < -0.39 is 0 Å². The van der Waals surface area contributed by atoms with Gasteiger partial charge in [0.05, 0.1) is 0 Å². The predicted octanol–water partition coefficient (Wildman–Crippen LogP) is 4.48. The average molecular weight is 203 g/mol. The van der Waals surface area contributed by atoms with Crippen molar-refractivity contribution in [1.29, 1.82) is 0 Å². The highest BCUT2D eigenvalue weighted by Crippen LogP contribution is 2.13. The van der Waals surface area contributed by atoms with Crippen LogP contribution in [0.3, 0.4) is 0 Å². The highest BCUT2D eigenvalue weighted by atomic mass is 14.0. The van der Waals surface area contributed by atoms with E-state index in [-0.39, 0.29) is 0 Å². The van der Waals surface area contributed by atoms with Gasteiger partial charge in [-0.15, -0.1) is 0 Å². The van der Waals surface area contributed by atoms with Crippen molar-refractivity contribution < 1.29 is 0 Å². The Morgan fingerprint density at radius 1 is 1.00 bits per heavy atom. The second-order valence-corrected chi connectivity index (χ2v) is 4.40. The maximum Gasteiger partial charge on any atom is -0.0117 e. The highest BCUT2D eigenvalue weighted by Gasteiger charge is 1.99. The number of rotatable bonds is 6. The Balaban J connectivity index is 2.66. The molecule has 0 aliphatic heterocycles. The number of hydrogen-bond acceptors (Lipinski definition) is 0. The lowest BCUT2D eigenvalue weighted by molar-refractivity contribution is 0.779. The van der Waals surface area contributed by atoms with Crippen molar-refractivity contribution in [2.75, 3.05) is 0 Å². The molecule has 0 saturated heterocycles. The van der Waals surface area contributed by atoms with Crippen LogP contribution in [-0.4, -0.2) is 0 Å². The molecule has 15 heavy (non-hydrogen) atoms. The third-order valence-electron chi connectivity index (χ3n) is 2.74. The van der Waals surface area contributed by atoms with E-state index in [1.54, 1.807) is 0 Å². The molecule has 0 unspecified atom stereocenters. The fourth-order valence-corrected chi connectivity index (χ4v) is 1.90. The van der Waals surface area contributed by atoms with E-state index in [1.165, 1.54) is 55.2 Å². The second-order valence-electron chi connectivity index (χ2n) is 4.40. The van der Waals surface area contributed by atoms with Crippen molar-refractivity contribution in [3.63, 3.8) is 0 Å². The lowest BCUT2D eigenvalue weighted by Gasteiger charge is -2.06. The quantitative estimate of drug-likeness (QED) is 0.639. The molecule has 0 bridgehead atoms. The molecule has 1 aromatic carbocycles. The predicted molar refractivity (Wildman–Crippen MR) is 67.2 cm³/mol. The molecule has 0 heteroatoms. The number of aryl methyl sites for hydroxylation is 3. The van der Waals surface area contributed by atoms with E-state index in [1.807, 2.05) is 0 Å². The summed E-state index contributed by atoms with van der Waals surface area (Å²) in [5.74, 6) is 0. The fraction of sp³-hybridized carbons (Fsp3) is 0.600. The summed E-state index contributed by atoms with van der Waals surface area (Å²) in [6.07, 6.45) is 7.56. The molecule has 83 valence electrons. The molecular weight excluding hydrogens is 180 g/mol. The van der Waals surface area contributed by atoms with E-state index >= 15 is 0 Å². The Hall–Kier alpha value is -0.780. The van der Waals surface area contributed by atoms with Gasteiger partial charge in [-0.05, 0) is 55.4 Å². The van der Waals surface area contributed by atoms with Crippen LogP contribution in [0.25, 0.3) is 0 Å². The molecule has 0 nitrogen and oxygen atoms in total. The van der Waals surface area contributed by atoms with Crippen LogP contribution < -0.4 is 0 Å². The number of unbranched alkanes of at least 4 members (excludes halogenated alkanes) is 2. The minimum Gasteiger partial charge on any atom is -0.0654 e. The Morgan fingerprint density at radius 2 is 1.67 bits per heavy atom. The standard InChI is InChI=1S/C15H23/c1-4-6-8-14-10-13(3)11-15(12-14)9-7-5-2/h10,12H,4-9H2,1-3H3. The van der Waals surface area contributed by atoms with Crippen LogP contribution >= 0.6 is 0 Å². The summed E-state index contributed by atoms with van der Waals surface area (Å²) in [5.41, 5.74) is 4.21. The Bertz CT molecular complexity index is 260. The summed E-state index contributed by atoms with van der Waals surface area (Å²) >= 11 is 0. The van der Waals surface area contributed by atoms with Crippen molar-refractivity contribution in [3.8, 4) is 0 Å². The van der Waals surface area contributed by atoms with Gasteiger partial charge in [-0.2, -0.15) is 0 Å². The highest BCUT2D eigenvalue weighted by molar-refractivity contribution is 5.28. The zero-order valence-corrected chi connectivity index (χ0v) is 10.4. The van der Waals surface area contributed by atoms with Crippen molar-refractivity contribution in [3.05, 3.63) is 34.9 Å². The SMILES string of the molecule is CCCCc1[c]c(C)cc(CCCC)c1. The van der Waals surface area contributed by atoms with Gasteiger partial charge in [0.25, 0.3) is 0 Å². The molecule has 0 heterocycles. The third kappa shape index (κ3) is 4.51. The zero-order chi connectivity index (χ0) is 11.1. The van der Waals surface area contributed by atoms with Gasteiger partial charge in [-0.3, -0.25) is 0 Å². The Kier molecular flexibility index (Phi) is 5.45. The minimum absolute atomic E-state index is 1.19. The molecule has 0 aromatic heterocycles. The summed E-state index contributed by atoms with van der Waals surface area (Å²) in [4.78, 5) is 0. The van der Waals surface area contributed by atoms with E-state index in [2.05, 4.69) is 39.0 Å². The average Bonchev–Trinajstić information content (AvgIpc) is 2.23. The molecular formula is C15H23. The summed E-state index contributed by atoms with van der Waals surface area (Å²) in [6.45, 7) is 6.65. The normalized spacial score (nSPS) is 10.6. The topological polar surface area (TPSA) is 0 Å². The van der Waals surface area contributed by atoms with E-state index in [0.717, 1.165) is 0 Å². The molecule has 0 aliphatic carbocycles. The zero-order valence-electron chi connectivity index (χ0n) is 10.4. The van der Waals surface area contributed by atoms with Gasteiger partial charge in [-0.25, -0.2) is 0 Å². The molecule has 0 atom stereocenters. The van der Waals surface area contributed by atoms with Gasteiger partial charge >= 0.3 is 0 Å². The van der Waals surface area contributed by atoms with E-state index in [4.69, 9.17) is 0 Å². The Labute approximate surface area is 94.7 Å². The fourth-order valence-electron chi connectivity index (χ4n) is 1.90. The molecule has 0 amide bonds. The molecule has 0 fully saturated rings. The van der Waals surface area contributed by atoms with Crippen LogP contribution in [0.5, 0.6) is 0 Å². The summed E-state index contributed by atoms with van der Waals surface area (Å²) in [5, 5.41) is 0. The van der Waals surface area contributed by atoms with Gasteiger partial charge in [0, 0.05) is 0 Å². The number of hydrogen-bond donors (Lipinski definition) is 0. The first-order valence-corrected chi connectivity index (χ1v) is 6.28.